The Morgan fingerprint density at radius 1 is 1.13 bits per heavy atom. The van der Waals surface area contributed by atoms with Gasteiger partial charge in [-0.05, 0) is 52.4 Å². The van der Waals surface area contributed by atoms with Gasteiger partial charge in [0.05, 0.1) is 23.9 Å². The Labute approximate surface area is 138 Å². The van der Waals surface area contributed by atoms with Crippen LogP contribution in [-0.4, -0.2) is 56.9 Å². The highest BCUT2D eigenvalue weighted by atomic mass is 15.1. The molecule has 6 heteroatoms. The zero-order valence-corrected chi connectivity index (χ0v) is 14.1. The van der Waals surface area contributed by atoms with E-state index in [1.165, 1.54) is 18.5 Å². The van der Waals surface area contributed by atoms with E-state index in [1.807, 2.05) is 32.7 Å². The second-order valence-corrected chi connectivity index (χ2v) is 6.74. The van der Waals surface area contributed by atoms with Gasteiger partial charge in [-0.1, -0.05) is 0 Å². The van der Waals surface area contributed by atoms with Crippen molar-refractivity contribution in [3.05, 3.63) is 42.0 Å². The van der Waals surface area contributed by atoms with Crippen molar-refractivity contribution in [3.63, 3.8) is 0 Å². The Morgan fingerprint density at radius 3 is 2.48 bits per heavy atom. The number of piperidine rings is 1. The smallest absolute Gasteiger partial charge is 0.0922 e. The second-order valence-electron chi connectivity index (χ2n) is 6.74. The van der Waals surface area contributed by atoms with E-state index in [1.54, 1.807) is 6.33 Å². The molecule has 3 rings (SSSR count). The van der Waals surface area contributed by atoms with Crippen molar-refractivity contribution in [2.24, 2.45) is 5.92 Å². The molecule has 3 heterocycles. The summed E-state index contributed by atoms with van der Waals surface area (Å²) in [4.78, 5) is 21.0. The second kappa shape index (κ2) is 7.66. The first-order valence-electron chi connectivity index (χ1n) is 8.33. The summed E-state index contributed by atoms with van der Waals surface area (Å²) in [5.41, 5.74) is 3.36. The molecule has 0 radical (unpaired) electrons. The summed E-state index contributed by atoms with van der Waals surface area (Å²) in [7, 11) is 4.10. The van der Waals surface area contributed by atoms with Gasteiger partial charge in [-0.2, -0.15) is 0 Å². The summed E-state index contributed by atoms with van der Waals surface area (Å²) in [5.74, 6) is 0.724. The Morgan fingerprint density at radius 2 is 1.87 bits per heavy atom. The molecule has 23 heavy (non-hydrogen) atoms. The number of nitrogens with one attached hydrogen (secondary N) is 1. The fraction of sp³-hybridized carbons (Fsp3) is 0.588. The molecule has 1 saturated heterocycles. The Kier molecular flexibility index (Phi) is 5.35. The maximum Gasteiger partial charge on any atom is 0.0922 e. The molecule has 2 aromatic heterocycles. The van der Waals surface area contributed by atoms with Gasteiger partial charge in [-0.25, -0.2) is 4.98 Å². The fourth-order valence-electron chi connectivity index (χ4n) is 3.15. The van der Waals surface area contributed by atoms with Gasteiger partial charge >= 0.3 is 0 Å². The molecule has 0 bridgehead atoms. The highest BCUT2D eigenvalue weighted by Gasteiger charge is 2.20. The van der Waals surface area contributed by atoms with Crippen molar-refractivity contribution in [3.8, 4) is 0 Å². The van der Waals surface area contributed by atoms with Crippen molar-refractivity contribution >= 4 is 0 Å². The molecule has 0 unspecified atom stereocenters. The monoisotopic (exact) mass is 314 g/mol. The number of aromatic amines is 1. The van der Waals surface area contributed by atoms with Gasteiger partial charge in [-0.3, -0.25) is 14.9 Å². The van der Waals surface area contributed by atoms with Crippen LogP contribution in [0.15, 0.2) is 24.9 Å². The predicted molar refractivity (Wildman–Crippen MR) is 89.7 cm³/mol. The van der Waals surface area contributed by atoms with E-state index in [-0.39, 0.29) is 0 Å². The third-order valence-electron chi connectivity index (χ3n) is 4.39. The number of imidazole rings is 1. The quantitative estimate of drug-likeness (QED) is 0.879. The lowest BCUT2D eigenvalue weighted by Crippen LogP contribution is -2.34. The molecule has 2 aromatic rings. The molecule has 0 atom stereocenters. The number of H-pyrrole nitrogens is 1. The molecule has 1 fully saturated rings. The van der Waals surface area contributed by atoms with Crippen molar-refractivity contribution in [2.75, 3.05) is 27.2 Å². The summed E-state index contributed by atoms with van der Waals surface area (Å²) in [6, 6.07) is 0. The van der Waals surface area contributed by atoms with E-state index in [0.717, 1.165) is 49.9 Å². The van der Waals surface area contributed by atoms with Crippen LogP contribution in [0.5, 0.6) is 0 Å². The van der Waals surface area contributed by atoms with Gasteiger partial charge in [-0.15, -0.1) is 0 Å². The molecule has 6 nitrogen and oxygen atoms in total. The van der Waals surface area contributed by atoms with Gasteiger partial charge in [0.1, 0.15) is 0 Å². The van der Waals surface area contributed by atoms with E-state index < -0.39 is 0 Å². The molecule has 124 valence electrons. The molecule has 0 aromatic carbocycles. The molecule has 1 aliphatic heterocycles. The van der Waals surface area contributed by atoms with Crippen LogP contribution in [0.4, 0.5) is 0 Å². The Bertz CT molecular complexity index is 570. The van der Waals surface area contributed by atoms with Crippen LogP contribution >= 0.6 is 0 Å². The van der Waals surface area contributed by atoms with Gasteiger partial charge in [0.2, 0.25) is 0 Å². The Balaban J connectivity index is 1.45. The summed E-state index contributed by atoms with van der Waals surface area (Å²) >= 11 is 0. The fourth-order valence-corrected chi connectivity index (χ4v) is 3.15. The first-order chi connectivity index (χ1) is 11.2. The third kappa shape index (κ3) is 4.84. The highest BCUT2D eigenvalue weighted by Crippen LogP contribution is 2.21. The van der Waals surface area contributed by atoms with Crippen molar-refractivity contribution in [1.29, 1.82) is 0 Å². The predicted octanol–water partition coefficient (Wildman–Crippen LogP) is 1.72. The summed E-state index contributed by atoms with van der Waals surface area (Å²) in [6.45, 7) is 4.12. The van der Waals surface area contributed by atoms with E-state index in [2.05, 4.69) is 29.7 Å². The van der Waals surface area contributed by atoms with E-state index >= 15 is 0 Å². The zero-order valence-electron chi connectivity index (χ0n) is 14.1. The maximum atomic E-state index is 4.59. The summed E-state index contributed by atoms with van der Waals surface area (Å²) < 4.78 is 0. The minimum Gasteiger partial charge on any atom is -0.347 e. The van der Waals surface area contributed by atoms with Gasteiger partial charge in [0.25, 0.3) is 0 Å². The minimum atomic E-state index is 0.724. The molecular weight excluding hydrogens is 288 g/mol. The number of rotatable bonds is 6. The van der Waals surface area contributed by atoms with Crippen LogP contribution < -0.4 is 0 Å². The van der Waals surface area contributed by atoms with Crippen molar-refractivity contribution in [2.45, 2.75) is 32.4 Å². The zero-order chi connectivity index (χ0) is 16.1. The van der Waals surface area contributed by atoms with Crippen molar-refractivity contribution < 1.29 is 0 Å². The standard InChI is InChI=1S/C17H26N6/c1-22(2)11-17-10-19-15(9-20-17)7-14-3-5-23(6-4-14)12-16-8-18-13-21-16/h8-10,13-14H,3-7,11-12H2,1-2H3,(H,18,21). The molecule has 1 aliphatic rings. The average Bonchev–Trinajstić information content (AvgIpc) is 3.04. The summed E-state index contributed by atoms with van der Waals surface area (Å²) in [5, 5.41) is 0. The van der Waals surface area contributed by atoms with E-state index in [9.17, 15) is 0 Å². The van der Waals surface area contributed by atoms with Crippen LogP contribution in [0.3, 0.4) is 0 Å². The average molecular weight is 314 g/mol. The minimum absolute atomic E-state index is 0.724. The normalized spacial score (nSPS) is 17.0. The molecule has 0 amide bonds. The highest BCUT2D eigenvalue weighted by molar-refractivity contribution is 5.03. The van der Waals surface area contributed by atoms with Gasteiger partial charge < -0.3 is 9.88 Å². The lowest BCUT2D eigenvalue weighted by atomic mass is 9.92. The van der Waals surface area contributed by atoms with E-state index in [4.69, 9.17) is 0 Å². The van der Waals surface area contributed by atoms with Crippen LogP contribution in [0.2, 0.25) is 0 Å². The molecule has 0 spiro atoms. The number of hydrogen-bond donors (Lipinski definition) is 1. The van der Waals surface area contributed by atoms with Crippen LogP contribution in [0.1, 0.15) is 29.9 Å². The van der Waals surface area contributed by atoms with Gasteiger partial charge in [0, 0.05) is 31.2 Å². The van der Waals surface area contributed by atoms with E-state index in [0.29, 0.717) is 0 Å². The number of hydrogen-bond acceptors (Lipinski definition) is 5. The molecule has 0 saturated carbocycles. The first-order valence-corrected chi connectivity index (χ1v) is 8.33. The lowest BCUT2D eigenvalue weighted by molar-refractivity contribution is 0.175. The SMILES string of the molecule is CN(C)Cc1cnc(CC2CCN(Cc3cnc[nH]3)CC2)cn1. The van der Waals surface area contributed by atoms with Gasteiger partial charge in [0.15, 0.2) is 0 Å². The number of aromatic nitrogens is 4. The van der Waals surface area contributed by atoms with Crippen LogP contribution in [-0.2, 0) is 19.5 Å². The third-order valence-corrected chi connectivity index (χ3v) is 4.39. The topological polar surface area (TPSA) is 60.9 Å². The lowest BCUT2D eigenvalue weighted by Gasteiger charge is -2.31. The molecule has 1 N–H and O–H groups in total. The largest absolute Gasteiger partial charge is 0.347 e. The maximum absolute atomic E-state index is 4.59. The first kappa shape index (κ1) is 16.1. The number of likely N-dealkylation sites (tertiary alicyclic amines) is 1. The Hall–Kier alpha value is -1.79. The number of nitrogens with zero attached hydrogens (tertiary/aromatic N) is 5. The summed E-state index contributed by atoms with van der Waals surface area (Å²) in [6.07, 6.45) is 11.0. The van der Waals surface area contributed by atoms with Crippen molar-refractivity contribution in [1.82, 2.24) is 29.7 Å². The molecular formula is C17H26N6. The molecule has 0 aliphatic carbocycles. The van der Waals surface area contributed by atoms with Crippen LogP contribution in [0, 0.1) is 5.92 Å². The van der Waals surface area contributed by atoms with Crippen LogP contribution in [0.25, 0.3) is 0 Å².